The molecule has 0 aliphatic carbocycles. The van der Waals surface area contributed by atoms with Gasteiger partial charge in [-0.25, -0.2) is 9.59 Å². The minimum Gasteiger partial charge on any atom is -0.351 e. The Morgan fingerprint density at radius 2 is 0.581 bits per heavy atom. The summed E-state index contributed by atoms with van der Waals surface area (Å²) in [6.45, 7) is 0. The summed E-state index contributed by atoms with van der Waals surface area (Å²) < 4.78 is 0. The van der Waals surface area contributed by atoms with E-state index in [2.05, 4.69) is 84.3 Å². The van der Waals surface area contributed by atoms with Crippen LogP contribution >= 0.6 is 0 Å². The van der Waals surface area contributed by atoms with Gasteiger partial charge in [0.25, 0.3) is 0 Å². The zero-order valence-electron chi connectivity index (χ0n) is 16.4. The number of hydrogen-bond acceptors (Lipinski definition) is 2. The minimum absolute atomic E-state index is 0.937. The predicted octanol–water partition coefficient (Wildman–Crippen LogP) is 5.65. The van der Waals surface area contributed by atoms with Gasteiger partial charge in [-0.3, -0.25) is 5.32 Å². The Hall–Kier alpha value is -4.38. The third kappa shape index (κ3) is 2.37. The number of benzene rings is 7. The lowest BCUT2D eigenvalue weighted by molar-refractivity contribution is 0.236. The second-order valence-corrected chi connectivity index (χ2v) is 7.84. The molecule has 5 nitrogen and oxygen atoms in total. The summed E-state index contributed by atoms with van der Waals surface area (Å²) in [7, 11) is 0. The molecule has 0 aromatic heterocycles. The molecule has 0 saturated carbocycles. The Morgan fingerprint density at radius 3 is 0.677 bits per heavy atom. The molecule has 0 atom stereocenters. The summed E-state index contributed by atoms with van der Waals surface area (Å²) in [5, 5.41) is 18.3. The third-order valence-corrected chi connectivity index (χ3v) is 6.13. The number of rotatable bonds is 0. The second kappa shape index (κ2) is 6.06. The van der Waals surface area contributed by atoms with Crippen molar-refractivity contribution in [1.29, 1.82) is 0 Å². The zero-order valence-corrected chi connectivity index (χ0v) is 16.4. The number of nitrogens with two attached hydrogens (primary N) is 2. The van der Waals surface area contributed by atoms with Crippen LogP contribution in [0.15, 0.2) is 72.8 Å². The molecular weight excluding hydrogens is 386 g/mol. The lowest BCUT2D eigenvalue weighted by Gasteiger charge is -2.20. The molecule has 148 valence electrons. The predicted molar refractivity (Wildman–Crippen MR) is 127 cm³/mol. The van der Waals surface area contributed by atoms with Crippen molar-refractivity contribution in [1.82, 2.24) is 5.32 Å². The zero-order chi connectivity index (χ0) is 21.3. The highest BCUT2D eigenvalue weighted by Crippen LogP contribution is 2.47. The van der Waals surface area contributed by atoms with E-state index in [1.54, 1.807) is 5.32 Å². The molecule has 0 bridgehead atoms. The SMILES string of the molecule is NC(=O)NC(N)=O.c1cc2ccc3ccc4ccc5ccc6ccc1c1c2c3c4c5c61. The van der Waals surface area contributed by atoms with Crippen LogP contribution in [0.25, 0.3) is 64.6 Å². The van der Waals surface area contributed by atoms with Crippen LogP contribution in [-0.4, -0.2) is 12.1 Å². The fraction of sp³-hybridized carbons (Fsp3) is 0. The summed E-state index contributed by atoms with van der Waals surface area (Å²) >= 11 is 0. The number of hydrogen-bond donors (Lipinski definition) is 3. The van der Waals surface area contributed by atoms with Crippen LogP contribution in [-0.2, 0) is 0 Å². The van der Waals surface area contributed by atoms with Gasteiger partial charge in [-0.05, 0) is 64.6 Å². The molecule has 7 aromatic rings. The van der Waals surface area contributed by atoms with Gasteiger partial charge in [0.15, 0.2) is 0 Å². The van der Waals surface area contributed by atoms with E-state index in [-0.39, 0.29) is 0 Å². The number of amides is 4. The summed E-state index contributed by atoms with van der Waals surface area (Å²) in [5.41, 5.74) is 8.88. The molecule has 7 rings (SSSR count). The van der Waals surface area contributed by atoms with Gasteiger partial charge in [0, 0.05) is 0 Å². The van der Waals surface area contributed by atoms with Crippen molar-refractivity contribution in [2.24, 2.45) is 11.5 Å². The van der Waals surface area contributed by atoms with E-state index in [9.17, 15) is 9.59 Å². The number of imide groups is 1. The van der Waals surface area contributed by atoms with Gasteiger partial charge in [0.1, 0.15) is 0 Å². The molecule has 0 aliphatic rings. The molecule has 0 unspecified atom stereocenters. The lowest BCUT2D eigenvalue weighted by Crippen LogP contribution is -2.38. The van der Waals surface area contributed by atoms with Crippen LogP contribution in [0.2, 0.25) is 0 Å². The van der Waals surface area contributed by atoms with E-state index >= 15 is 0 Å². The summed E-state index contributed by atoms with van der Waals surface area (Å²) in [6.07, 6.45) is 0. The number of primary amides is 2. The van der Waals surface area contributed by atoms with E-state index in [1.807, 2.05) is 0 Å². The number of carbonyl (C=O) groups excluding carboxylic acids is 2. The van der Waals surface area contributed by atoms with Crippen molar-refractivity contribution in [2.45, 2.75) is 0 Å². The average molecular weight is 403 g/mol. The van der Waals surface area contributed by atoms with Crippen LogP contribution in [0.4, 0.5) is 9.59 Å². The van der Waals surface area contributed by atoms with E-state index in [4.69, 9.17) is 0 Å². The van der Waals surface area contributed by atoms with Gasteiger partial charge in [-0.1, -0.05) is 72.8 Å². The highest BCUT2D eigenvalue weighted by atomic mass is 16.2. The van der Waals surface area contributed by atoms with Crippen LogP contribution < -0.4 is 16.8 Å². The lowest BCUT2D eigenvalue weighted by atomic mass is 9.83. The maximum atomic E-state index is 9.62. The van der Waals surface area contributed by atoms with Crippen LogP contribution in [0.1, 0.15) is 0 Å². The van der Waals surface area contributed by atoms with Crippen molar-refractivity contribution in [3.63, 3.8) is 0 Å². The summed E-state index contributed by atoms with van der Waals surface area (Å²) in [5.74, 6) is 0. The highest BCUT2D eigenvalue weighted by Gasteiger charge is 2.19. The second-order valence-electron chi connectivity index (χ2n) is 7.84. The van der Waals surface area contributed by atoms with E-state index in [0.717, 1.165) is 0 Å². The van der Waals surface area contributed by atoms with Crippen molar-refractivity contribution >= 4 is 76.7 Å². The van der Waals surface area contributed by atoms with E-state index in [1.165, 1.54) is 64.6 Å². The molecule has 5 heteroatoms. The molecule has 0 heterocycles. The van der Waals surface area contributed by atoms with Gasteiger partial charge in [0.2, 0.25) is 0 Å². The first-order valence-electron chi connectivity index (χ1n) is 9.95. The Kier molecular flexibility index (Phi) is 3.42. The van der Waals surface area contributed by atoms with Gasteiger partial charge >= 0.3 is 12.1 Å². The Bertz CT molecular complexity index is 1360. The van der Waals surface area contributed by atoms with Crippen LogP contribution in [0.5, 0.6) is 0 Å². The van der Waals surface area contributed by atoms with Gasteiger partial charge in [0.05, 0.1) is 0 Å². The molecule has 0 saturated heterocycles. The molecule has 0 aliphatic heterocycles. The highest BCUT2D eigenvalue weighted by molar-refractivity contribution is 6.44. The molecule has 0 fully saturated rings. The average Bonchev–Trinajstić information content (AvgIpc) is 2.76. The Balaban J connectivity index is 0.000000233. The number of carbonyl (C=O) groups is 2. The summed E-state index contributed by atoms with van der Waals surface area (Å²) in [6, 6.07) is 25.4. The topological polar surface area (TPSA) is 98.2 Å². The fourth-order valence-electron chi connectivity index (χ4n) is 5.01. The van der Waals surface area contributed by atoms with E-state index < -0.39 is 12.1 Å². The Labute approximate surface area is 176 Å². The molecule has 5 N–H and O–H groups in total. The molecule has 0 spiro atoms. The molecule has 7 aromatic carbocycles. The van der Waals surface area contributed by atoms with Crippen molar-refractivity contribution < 1.29 is 9.59 Å². The van der Waals surface area contributed by atoms with Crippen molar-refractivity contribution in [3.8, 4) is 0 Å². The standard InChI is InChI=1S/C24H12.C2H5N3O2/c1-2-14-5-6-16-9-11-18-12-10-17-8-7-15-4-3-13(1)19-20(14)22(16)24(18)23(17)21(15)19;3-1(6)5-2(4)7/h1-12H;(H5,3,4,5,6,7). The number of urea groups is 2. The quantitative estimate of drug-likeness (QED) is 0.225. The monoisotopic (exact) mass is 403 g/mol. The number of nitrogens with one attached hydrogen (secondary N) is 1. The Morgan fingerprint density at radius 1 is 0.419 bits per heavy atom. The van der Waals surface area contributed by atoms with Crippen molar-refractivity contribution in [2.75, 3.05) is 0 Å². The fourth-order valence-corrected chi connectivity index (χ4v) is 5.01. The molecule has 0 radical (unpaired) electrons. The van der Waals surface area contributed by atoms with Crippen molar-refractivity contribution in [3.05, 3.63) is 72.8 Å². The largest absolute Gasteiger partial charge is 0.351 e. The first kappa shape index (κ1) is 17.5. The first-order chi connectivity index (χ1) is 15.0. The van der Waals surface area contributed by atoms with Gasteiger partial charge in [-0.2, -0.15) is 0 Å². The third-order valence-electron chi connectivity index (χ3n) is 6.13. The van der Waals surface area contributed by atoms with Crippen LogP contribution in [0, 0.1) is 0 Å². The first-order valence-corrected chi connectivity index (χ1v) is 9.95. The maximum Gasteiger partial charge on any atom is 0.320 e. The molecule has 4 amide bonds. The van der Waals surface area contributed by atoms with Gasteiger partial charge < -0.3 is 11.5 Å². The smallest absolute Gasteiger partial charge is 0.320 e. The molecular formula is C26H17N3O2. The van der Waals surface area contributed by atoms with Gasteiger partial charge in [-0.15, -0.1) is 0 Å². The molecule has 31 heavy (non-hydrogen) atoms. The normalized spacial score (nSPS) is 11.7. The summed E-state index contributed by atoms with van der Waals surface area (Å²) in [4.78, 5) is 19.2. The minimum atomic E-state index is -0.938. The van der Waals surface area contributed by atoms with Crippen LogP contribution in [0.3, 0.4) is 0 Å². The van der Waals surface area contributed by atoms with E-state index in [0.29, 0.717) is 0 Å². The maximum absolute atomic E-state index is 9.62.